The Balaban J connectivity index is 1.48. The summed E-state index contributed by atoms with van der Waals surface area (Å²) in [7, 11) is 0. The van der Waals surface area contributed by atoms with Gasteiger partial charge in [0.1, 0.15) is 11.5 Å². The van der Waals surface area contributed by atoms with Gasteiger partial charge < -0.3 is 10.2 Å². The molecule has 0 aliphatic carbocycles. The summed E-state index contributed by atoms with van der Waals surface area (Å²) in [5.74, 6) is 0.321. The Morgan fingerprint density at radius 3 is 1.29 bits per heavy atom. The van der Waals surface area contributed by atoms with Gasteiger partial charge in [0.2, 0.25) is 0 Å². The predicted octanol–water partition coefficient (Wildman–Crippen LogP) is 8.78. The molecule has 0 bridgehead atoms. The lowest BCUT2D eigenvalue weighted by molar-refractivity contribution is 0.470. The van der Waals surface area contributed by atoms with Crippen LogP contribution in [0.1, 0.15) is 11.1 Å². The highest BCUT2D eigenvalue weighted by Crippen LogP contribution is 2.30. The van der Waals surface area contributed by atoms with Crippen molar-refractivity contribution in [3.8, 4) is 22.6 Å². The van der Waals surface area contributed by atoms with Crippen molar-refractivity contribution in [3.63, 3.8) is 0 Å². The SMILES string of the molecule is Oc1c(I)cc(Cl)cc1C=Nc1ccc(-c2ccc(N=Cc3cc(Cl)cc(I)c3O)cc2)cc1. The van der Waals surface area contributed by atoms with Gasteiger partial charge in [-0.3, -0.25) is 9.98 Å². The van der Waals surface area contributed by atoms with E-state index >= 15 is 0 Å². The largest absolute Gasteiger partial charge is 0.506 e. The van der Waals surface area contributed by atoms with Crippen LogP contribution in [0, 0.1) is 7.14 Å². The normalized spacial score (nSPS) is 11.5. The molecule has 0 amide bonds. The molecule has 4 aromatic carbocycles. The molecule has 0 aliphatic rings. The smallest absolute Gasteiger partial charge is 0.137 e. The molecular weight excluding hydrogens is 697 g/mol. The topological polar surface area (TPSA) is 65.2 Å². The van der Waals surface area contributed by atoms with E-state index in [9.17, 15) is 10.2 Å². The number of hydrogen-bond donors (Lipinski definition) is 2. The summed E-state index contributed by atoms with van der Waals surface area (Å²) in [6.45, 7) is 0. The van der Waals surface area contributed by atoms with Gasteiger partial charge in [0.15, 0.2) is 0 Å². The van der Waals surface area contributed by atoms with Crippen LogP contribution in [0.3, 0.4) is 0 Å². The lowest BCUT2D eigenvalue weighted by Gasteiger charge is -2.05. The number of aromatic hydroxyl groups is 2. The van der Waals surface area contributed by atoms with Crippen LogP contribution in [0.4, 0.5) is 11.4 Å². The summed E-state index contributed by atoms with van der Waals surface area (Å²) in [6.07, 6.45) is 3.20. The van der Waals surface area contributed by atoms with Crippen molar-refractivity contribution in [2.45, 2.75) is 0 Å². The second-order valence-corrected chi connectivity index (χ2v) is 10.5. The fourth-order valence-corrected chi connectivity index (χ4v) is 5.25. The zero-order valence-electron chi connectivity index (χ0n) is 17.4. The standard InChI is InChI=1S/C26H16Cl2I2N2O2/c27-19-9-17(25(33)23(29)11-19)13-31-21-5-1-15(2-6-21)16-3-7-22(8-4-16)32-14-18-10-20(28)12-24(30)26(18)34/h1-14,33-34H. The molecule has 34 heavy (non-hydrogen) atoms. The van der Waals surface area contributed by atoms with Crippen molar-refractivity contribution < 1.29 is 10.2 Å². The predicted molar refractivity (Wildman–Crippen MR) is 158 cm³/mol. The van der Waals surface area contributed by atoms with Crippen molar-refractivity contribution >= 4 is 92.2 Å². The Bertz CT molecular complexity index is 1300. The average Bonchev–Trinajstić information content (AvgIpc) is 2.82. The minimum Gasteiger partial charge on any atom is -0.506 e. The number of phenols is 2. The van der Waals surface area contributed by atoms with Crippen LogP contribution >= 0.6 is 68.4 Å². The first kappa shape index (κ1) is 25.0. The maximum Gasteiger partial charge on any atom is 0.137 e. The van der Waals surface area contributed by atoms with Gasteiger partial charge in [0, 0.05) is 33.6 Å². The Morgan fingerprint density at radius 2 is 0.941 bits per heavy atom. The number of halogens is 4. The molecule has 0 atom stereocenters. The average molecular weight is 713 g/mol. The molecule has 2 N–H and O–H groups in total. The first-order valence-corrected chi connectivity index (χ1v) is 12.9. The lowest BCUT2D eigenvalue weighted by atomic mass is 10.1. The third-order valence-corrected chi connectivity index (χ3v) is 6.97. The van der Waals surface area contributed by atoms with E-state index in [2.05, 4.69) is 9.98 Å². The van der Waals surface area contributed by atoms with Gasteiger partial charge in [-0.2, -0.15) is 0 Å². The number of hydrogen-bond acceptors (Lipinski definition) is 4. The fraction of sp³-hybridized carbons (Fsp3) is 0. The number of rotatable bonds is 5. The molecule has 8 heteroatoms. The Hall–Kier alpha value is -2.14. The Morgan fingerprint density at radius 1 is 0.588 bits per heavy atom. The fourth-order valence-electron chi connectivity index (χ4n) is 3.14. The molecule has 0 aromatic heterocycles. The quantitative estimate of drug-likeness (QED) is 0.161. The van der Waals surface area contributed by atoms with E-state index in [1.165, 1.54) is 0 Å². The van der Waals surface area contributed by atoms with Crippen LogP contribution in [0.2, 0.25) is 10.0 Å². The molecular formula is C26H16Cl2I2N2O2. The summed E-state index contributed by atoms with van der Waals surface area (Å²) in [6, 6.07) is 22.3. The zero-order valence-corrected chi connectivity index (χ0v) is 23.2. The maximum absolute atomic E-state index is 10.2. The van der Waals surface area contributed by atoms with E-state index < -0.39 is 0 Å². The molecule has 170 valence electrons. The van der Waals surface area contributed by atoms with Crippen molar-refractivity contribution in [2.75, 3.05) is 0 Å². The number of phenolic OH excluding ortho intramolecular Hbond substituents is 2. The minimum absolute atomic E-state index is 0.161. The summed E-state index contributed by atoms with van der Waals surface area (Å²) < 4.78 is 1.35. The molecule has 4 nitrogen and oxygen atoms in total. The first-order valence-electron chi connectivity index (χ1n) is 9.95. The monoisotopic (exact) mass is 712 g/mol. The van der Waals surface area contributed by atoms with E-state index in [1.807, 2.05) is 93.7 Å². The van der Waals surface area contributed by atoms with Gasteiger partial charge in [-0.05, 0) is 105 Å². The van der Waals surface area contributed by atoms with Crippen LogP contribution in [0.15, 0.2) is 82.8 Å². The minimum atomic E-state index is 0.161. The number of benzene rings is 4. The molecule has 0 heterocycles. The van der Waals surface area contributed by atoms with Crippen molar-refractivity contribution in [1.82, 2.24) is 0 Å². The molecule has 0 saturated carbocycles. The number of aliphatic imine (C=N–C) groups is 2. The summed E-state index contributed by atoms with van der Waals surface area (Å²) in [5.41, 5.74) is 4.73. The molecule has 0 saturated heterocycles. The van der Waals surface area contributed by atoms with Gasteiger partial charge in [-0.25, -0.2) is 0 Å². The first-order chi connectivity index (χ1) is 16.3. The van der Waals surface area contributed by atoms with Crippen LogP contribution in [0.25, 0.3) is 11.1 Å². The van der Waals surface area contributed by atoms with Crippen LogP contribution in [-0.4, -0.2) is 22.6 Å². The van der Waals surface area contributed by atoms with E-state index in [-0.39, 0.29) is 11.5 Å². The highest BCUT2D eigenvalue weighted by atomic mass is 127. The van der Waals surface area contributed by atoms with E-state index in [4.69, 9.17) is 23.2 Å². The molecule has 4 rings (SSSR count). The van der Waals surface area contributed by atoms with Crippen LogP contribution in [-0.2, 0) is 0 Å². The molecule has 4 aromatic rings. The summed E-state index contributed by atoms with van der Waals surface area (Å²) >= 11 is 16.2. The van der Waals surface area contributed by atoms with Crippen LogP contribution in [0.5, 0.6) is 11.5 Å². The van der Waals surface area contributed by atoms with Gasteiger partial charge in [0.05, 0.1) is 18.5 Å². The van der Waals surface area contributed by atoms with Crippen LogP contribution < -0.4 is 0 Å². The highest BCUT2D eigenvalue weighted by Gasteiger charge is 2.07. The third kappa shape index (κ3) is 6.10. The molecule has 0 aliphatic heterocycles. The van der Waals surface area contributed by atoms with E-state index in [0.717, 1.165) is 22.5 Å². The molecule has 0 spiro atoms. The Labute approximate surface area is 234 Å². The van der Waals surface area contributed by atoms with Gasteiger partial charge >= 0.3 is 0 Å². The molecule has 0 radical (unpaired) electrons. The van der Waals surface area contributed by atoms with Crippen molar-refractivity contribution in [3.05, 3.63) is 101 Å². The maximum atomic E-state index is 10.2. The summed E-state index contributed by atoms with van der Waals surface area (Å²) in [4.78, 5) is 8.89. The lowest BCUT2D eigenvalue weighted by Crippen LogP contribution is -1.86. The third-order valence-electron chi connectivity index (χ3n) is 4.89. The van der Waals surface area contributed by atoms with E-state index in [1.54, 1.807) is 36.7 Å². The Kier molecular flexibility index (Phi) is 8.13. The van der Waals surface area contributed by atoms with Gasteiger partial charge in [-0.15, -0.1) is 0 Å². The molecule has 0 fully saturated rings. The second kappa shape index (κ2) is 11.1. The zero-order chi connectivity index (χ0) is 24.2. The van der Waals surface area contributed by atoms with E-state index in [0.29, 0.717) is 28.3 Å². The van der Waals surface area contributed by atoms with Gasteiger partial charge in [-0.1, -0.05) is 47.5 Å². The summed E-state index contributed by atoms with van der Waals surface area (Å²) in [5, 5.41) is 21.4. The van der Waals surface area contributed by atoms with Gasteiger partial charge in [0.25, 0.3) is 0 Å². The highest BCUT2D eigenvalue weighted by molar-refractivity contribution is 14.1. The van der Waals surface area contributed by atoms with Crippen molar-refractivity contribution in [2.24, 2.45) is 9.98 Å². The number of nitrogens with zero attached hydrogens (tertiary/aromatic N) is 2. The second-order valence-electron chi connectivity index (χ2n) is 7.26. The van der Waals surface area contributed by atoms with Crippen molar-refractivity contribution in [1.29, 1.82) is 0 Å². The molecule has 0 unspecified atom stereocenters.